The van der Waals surface area contributed by atoms with Crippen LogP contribution in [0.1, 0.15) is 28.9 Å². The van der Waals surface area contributed by atoms with Crippen molar-refractivity contribution < 1.29 is 14.3 Å². The maximum absolute atomic E-state index is 12.9. The van der Waals surface area contributed by atoms with Gasteiger partial charge < -0.3 is 14.4 Å². The molecule has 1 aromatic heterocycles. The first-order chi connectivity index (χ1) is 12.2. The molecule has 0 radical (unpaired) electrons. The molecule has 5 heteroatoms. The standard InChI is InChI=1S/C20H25NO3S/c1-23-13-16-14-24-11-8-20(16)6-9-21(10-7-20)19(22)18-12-15-4-2-3-5-17(15)25-18/h2-5,12,16H,6-11,13-14H2,1H3/t16-/m0/s1. The Balaban J connectivity index is 1.46. The zero-order valence-corrected chi connectivity index (χ0v) is 15.5. The molecule has 2 saturated heterocycles. The van der Waals surface area contributed by atoms with E-state index in [4.69, 9.17) is 9.47 Å². The second kappa shape index (κ2) is 7.06. The maximum Gasteiger partial charge on any atom is 0.263 e. The van der Waals surface area contributed by atoms with Gasteiger partial charge in [-0.3, -0.25) is 4.79 Å². The predicted octanol–water partition coefficient (Wildman–Crippen LogP) is 3.81. The summed E-state index contributed by atoms with van der Waals surface area (Å²) in [5.74, 6) is 0.638. The molecule has 0 unspecified atom stereocenters. The van der Waals surface area contributed by atoms with Gasteiger partial charge in [0.15, 0.2) is 0 Å². The molecule has 1 aromatic carbocycles. The molecule has 1 atom stereocenters. The number of ether oxygens (including phenoxy) is 2. The number of nitrogens with zero attached hydrogens (tertiary/aromatic N) is 1. The smallest absolute Gasteiger partial charge is 0.263 e. The van der Waals surface area contributed by atoms with Gasteiger partial charge in [0.1, 0.15) is 0 Å². The molecule has 2 fully saturated rings. The van der Waals surface area contributed by atoms with Gasteiger partial charge in [-0.1, -0.05) is 18.2 Å². The highest BCUT2D eigenvalue weighted by Gasteiger charge is 2.44. The van der Waals surface area contributed by atoms with E-state index >= 15 is 0 Å². The molecule has 1 amide bonds. The first-order valence-corrected chi connectivity index (χ1v) is 9.88. The van der Waals surface area contributed by atoms with Crippen LogP contribution < -0.4 is 0 Å². The molecule has 2 aromatic rings. The van der Waals surface area contributed by atoms with Crippen LogP contribution in [0.5, 0.6) is 0 Å². The topological polar surface area (TPSA) is 38.8 Å². The fourth-order valence-electron chi connectivity index (χ4n) is 4.36. The maximum atomic E-state index is 12.9. The molecular formula is C20H25NO3S. The summed E-state index contributed by atoms with van der Waals surface area (Å²) in [7, 11) is 1.77. The van der Waals surface area contributed by atoms with Crippen LogP contribution in [0.2, 0.25) is 0 Å². The van der Waals surface area contributed by atoms with E-state index in [0.717, 1.165) is 62.4 Å². The number of carbonyl (C=O) groups excluding carboxylic acids is 1. The largest absolute Gasteiger partial charge is 0.384 e. The molecule has 0 N–H and O–H groups in total. The molecule has 0 saturated carbocycles. The number of amides is 1. The monoisotopic (exact) mass is 359 g/mol. The number of likely N-dealkylation sites (tertiary alicyclic amines) is 1. The number of carbonyl (C=O) groups is 1. The lowest BCUT2D eigenvalue weighted by Crippen LogP contribution is -2.50. The molecule has 0 aliphatic carbocycles. The van der Waals surface area contributed by atoms with Crippen molar-refractivity contribution in [2.75, 3.05) is 40.0 Å². The predicted molar refractivity (Wildman–Crippen MR) is 100 cm³/mol. The Kier molecular flexibility index (Phi) is 4.80. The van der Waals surface area contributed by atoms with E-state index in [0.29, 0.717) is 5.92 Å². The van der Waals surface area contributed by atoms with Crippen LogP contribution in [-0.2, 0) is 9.47 Å². The molecule has 3 heterocycles. The summed E-state index contributed by atoms with van der Waals surface area (Å²) in [5, 5.41) is 1.16. The normalized spacial score (nSPS) is 23.2. The van der Waals surface area contributed by atoms with Crippen LogP contribution in [0.15, 0.2) is 30.3 Å². The van der Waals surface area contributed by atoms with Gasteiger partial charge >= 0.3 is 0 Å². The van der Waals surface area contributed by atoms with Crippen molar-refractivity contribution in [3.8, 4) is 0 Å². The Morgan fingerprint density at radius 1 is 1.32 bits per heavy atom. The molecule has 2 aliphatic heterocycles. The van der Waals surface area contributed by atoms with Gasteiger partial charge in [-0.2, -0.15) is 0 Å². The lowest BCUT2D eigenvalue weighted by molar-refractivity contribution is -0.0912. The molecule has 2 aliphatic rings. The van der Waals surface area contributed by atoms with E-state index in [1.807, 2.05) is 23.1 Å². The zero-order valence-electron chi connectivity index (χ0n) is 14.7. The van der Waals surface area contributed by atoms with Crippen molar-refractivity contribution in [2.24, 2.45) is 11.3 Å². The number of methoxy groups -OCH3 is 1. The first kappa shape index (κ1) is 17.0. The van der Waals surface area contributed by atoms with E-state index < -0.39 is 0 Å². The summed E-state index contributed by atoms with van der Waals surface area (Å²) in [5.41, 5.74) is 0.283. The Labute approximate surface area is 152 Å². The van der Waals surface area contributed by atoms with Gasteiger partial charge in [0.05, 0.1) is 18.1 Å². The van der Waals surface area contributed by atoms with Gasteiger partial charge in [-0.25, -0.2) is 0 Å². The first-order valence-electron chi connectivity index (χ1n) is 9.06. The minimum atomic E-state index is 0.186. The summed E-state index contributed by atoms with van der Waals surface area (Å²) in [4.78, 5) is 15.8. The van der Waals surface area contributed by atoms with E-state index in [-0.39, 0.29) is 11.3 Å². The number of hydrogen-bond acceptors (Lipinski definition) is 4. The molecule has 4 rings (SSSR count). The molecule has 0 bridgehead atoms. The molecular weight excluding hydrogens is 334 g/mol. The number of thiophene rings is 1. The number of rotatable bonds is 3. The third-order valence-corrected chi connectivity index (χ3v) is 7.08. The number of hydrogen-bond donors (Lipinski definition) is 0. The summed E-state index contributed by atoms with van der Waals surface area (Å²) >= 11 is 1.60. The molecule has 4 nitrogen and oxygen atoms in total. The van der Waals surface area contributed by atoms with E-state index in [2.05, 4.69) is 12.1 Å². The fraction of sp³-hybridized carbons (Fsp3) is 0.550. The number of piperidine rings is 1. The van der Waals surface area contributed by atoms with Crippen molar-refractivity contribution >= 4 is 27.3 Å². The highest BCUT2D eigenvalue weighted by molar-refractivity contribution is 7.20. The molecule has 1 spiro atoms. The Hall–Kier alpha value is -1.43. The highest BCUT2D eigenvalue weighted by atomic mass is 32.1. The van der Waals surface area contributed by atoms with Gasteiger partial charge in [0, 0.05) is 37.4 Å². The van der Waals surface area contributed by atoms with E-state index in [1.165, 1.54) is 4.70 Å². The fourth-order valence-corrected chi connectivity index (χ4v) is 5.40. The van der Waals surface area contributed by atoms with Crippen molar-refractivity contribution in [3.05, 3.63) is 35.2 Å². The van der Waals surface area contributed by atoms with E-state index in [1.54, 1.807) is 18.4 Å². The van der Waals surface area contributed by atoms with Gasteiger partial charge in [-0.15, -0.1) is 11.3 Å². The highest BCUT2D eigenvalue weighted by Crippen LogP contribution is 2.45. The van der Waals surface area contributed by atoms with Crippen LogP contribution in [0, 0.1) is 11.3 Å². The van der Waals surface area contributed by atoms with Gasteiger partial charge in [0.2, 0.25) is 0 Å². The molecule has 134 valence electrons. The summed E-state index contributed by atoms with van der Waals surface area (Å²) in [6.07, 6.45) is 3.20. The minimum absolute atomic E-state index is 0.186. The van der Waals surface area contributed by atoms with E-state index in [9.17, 15) is 4.79 Å². The quantitative estimate of drug-likeness (QED) is 0.836. The van der Waals surface area contributed by atoms with Crippen LogP contribution >= 0.6 is 11.3 Å². The van der Waals surface area contributed by atoms with Crippen LogP contribution in [0.25, 0.3) is 10.1 Å². The lowest BCUT2D eigenvalue weighted by Gasteiger charge is -2.48. The lowest BCUT2D eigenvalue weighted by atomic mass is 9.66. The second-order valence-electron chi connectivity index (χ2n) is 7.28. The SMILES string of the molecule is COC[C@H]1COCCC12CCN(C(=O)c1cc3ccccc3s1)CC2. The number of fused-ring (bicyclic) bond motifs is 1. The third-order valence-electron chi connectivity index (χ3n) is 5.98. The Bertz CT molecular complexity index is 713. The van der Waals surface area contributed by atoms with Crippen molar-refractivity contribution in [2.45, 2.75) is 19.3 Å². The Morgan fingerprint density at radius 2 is 2.12 bits per heavy atom. The Morgan fingerprint density at radius 3 is 2.88 bits per heavy atom. The second-order valence-corrected chi connectivity index (χ2v) is 8.36. The van der Waals surface area contributed by atoms with Crippen molar-refractivity contribution in [1.82, 2.24) is 4.90 Å². The zero-order chi connectivity index (χ0) is 17.3. The average Bonchev–Trinajstić information content (AvgIpc) is 3.08. The minimum Gasteiger partial charge on any atom is -0.384 e. The van der Waals surface area contributed by atoms with Gasteiger partial charge in [-0.05, 0) is 42.2 Å². The summed E-state index contributed by atoms with van der Waals surface area (Å²) < 4.78 is 12.3. The van der Waals surface area contributed by atoms with Crippen molar-refractivity contribution in [3.63, 3.8) is 0 Å². The third kappa shape index (κ3) is 3.21. The summed E-state index contributed by atoms with van der Waals surface area (Å²) in [6, 6.07) is 10.2. The van der Waals surface area contributed by atoms with Crippen molar-refractivity contribution in [1.29, 1.82) is 0 Å². The molecule has 25 heavy (non-hydrogen) atoms. The van der Waals surface area contributed by atoms with Crippen LogP contribution in [-0.4, -0.2) is 50.8 Å². The summed E-state index contributed by atoms with van der Waals surface area (Å²) in [6.45, 7) is 4.06. The number of benzene rings is 1. The van der Waals surface area contributed by atoms with Crippen LogP contribution in [0.3, 0.4) is 0 Å². The van der Waals surface area contributed by atoms with Gasteiger partial charge in [0.25, 0.3) is 5.91 Å². The van der Waals surface area contributed by atoms with Crippen LogP contribution in [0.4, 0.5) is 0 Å². The average molecular weight is 359 g/mol.